The number of thiazole rings is 1. The number of nitrogens with one attached hydrogen (secondary N) is 1. The van der Waals surface area contributed by atoms with E-state index < -0.39 is 0 Å². The number of nitrogens with two attached hydrogens (primary N) is 1. The molecule has 2 aromatic rings. The zero-order valence-electron chi connectivity index (χ0n) is 12.5. The minimum Gasteiger partial charge on any atom is -0.406 e. The van der Waals surface area contributed by atoms with Gasteiger partial charge in [0.2, 0.25) is 5.91 Å². The van der Waals surface area contributed by atoms with Crippen molar-refractivity contribution in [2.75, 3.05) is 43.8 Å². The van der Waals surface area contributed by atoms with E-state index in [1.165, 1.54) is 11.3 Å². The van der Waals surface area contributed by atoms with E-state index in [2.05, 4.69) is 15.3 Å². The number of pyridine rings is 1. The average molecular weight is 334 g/mol. The van der Waals surface area contributed by atoms with E-state index in [0.717, 1.165) is 5.75 Å². The van der Waals surface area contributed by atoms with Crippen LogP contribution in [0.4, 0.5) is 10.9 Å². The van der Waals surface area contributed by atoms with Crippen LogP contribution >= 0.6 is 11.3 Å². The highest BCUT2D eigenvalue weighted by Crippen LogP contribution is 2.15. The van der Waals surface area contributed by atoms with Crippen LogP contribution in [0.2, 0.25) is 0 Å². The normalized spacial score (nSPS) is 15.4. The van der Waals surface area contributed by atoms with Crippen LogP contribution in [0.25, 0.3) is 0 Å². The number of carbonyl (C=O) groups is 1. The van der Waals surface area contributed by atoms with E-state index in [0.29, 0.717) is 37.1 Å². The fourth-order valence-corrected chi connectivity index (χ4v) is 2.74. The zero-order valence-corrected chi connectivity index (χ0v) is 13.3. The van der Waals surface area contributed by atoms with Crippen molar-refractivity contribution in [3.8, 4) is 5.75 Å². The third kappa shape index (κ3) is 4.30. The van der Waals surface area contributed by atoms with Crippen molar-refractivity contribution in [3.63, 3.8) is 0 Å². The molecule has 122 valence electrons. The topological polar surface area (TPSA) is 96.6 Å². The van der Waals surface area contributed by atoms with Crippen molar-refractivity contribution in [1.82, 2.24) is 19.9 Å². The number of amides is 1. The monoisotopic (exact) mass is 334 g/mol. The summed E-state index contributed by atoms with van der Waals surface area (Å²) >= 11 is 1.34. The first-order chi connectivity index (χ1) is 11.2. The van der Waals surface area contributed by atoms with Crippen molar-refractivity contribution in [3.05, 3.63) is 29.9 Å². The largest absolute Gasteiger partial charge is 0.406 e. The summed E-state index contributed by atoms with van der Waals surface area (Å²) in [6.07, 6.45) is 3.37. The summed E-state index contributed by atoms with van der Waals surface area (Å²) in [5, 5.41) is 7.13. The lowest BCUT2D eigenvalue weighted by molar-refractivity contribution is -0.138. The van der Waals surface area contributed by atoms with E-state index in [1.807, 2.05) is 9.96 Å². The van der Waals surface area contributed by atoms with Gasteiger partial charge in [0, 0.05) is 43.0 Å². The van der Waals surface area contributed by atoms with E-state index in [9.17, 15) is 4.79 Å². The molecule has 3 rings (SSSR count). The number of hydrogen-bond acceptors (Lipinski definition) is 8. The van der Waals surface area contributed by atoms with Crippen LogP contribution in [-0.2, 0) is 4.79 Å². The lowest BCUT2D eigenvalue weighted by Gasteiger charge is -2.34. The maximum Gasteiger partial charge on any atom is 0.242 e. The Morgan fingerprint density at radius 1 is 1.30 bits per heavy atom. The van der Waals surface area contributed by atoms with Crippen LogP contribution in [0, 0.1) is 0 Å². The highest BCUT2D eigenvalue weighted by molar-refractivity contribution is 7.13. The maximum atomic E-state index is 12.2. The second kappa shape index (κ2) is 7.25. The molecule has 0 atom stereocenters. The molecule has 9 heteroatoms. The van der Waals surface area contributed by atoms with Crippen molar-refractivity contribution in [2.45, 2.75) is 0 Å². The van der Waals surface area contributed by atoms with Crippen LogP contribution in [-0.4, -0.2) is 58.6 Å². The SMILES string of the molecule is Nc1nc(NCC(=O)N2CCN(Oc3ccncc3)CC2)cs1. The van der Waals surface area contributed by atoms with Gasteiger partial charge in [-0.2, -0.15) is 0 Å². The molecular weight excluding hydrogens is 316 g/mol. The van der Waals surface area contributed by atoms with E-state index in [-0.39, 0.29) is 12.5 Å². The number of anilines is 2. The fraction of sp³-hybridized carbons (Fsp3) is 0.357. The molecule has 23 heavy (non-hydrogen) atoms. The fourth-order valence-electron chi connectivity index (χ4n) is 2.22. The molecule has 3 heterocycles. The second-order valence-electron chi connectivity index (χ2n) is 5.01. The molecule has 3 N–H and O–H groups in total. The number of nitrogen functional groups attached to an aromatic ring is 1. The first-order valence-corrected chi connectivity index (χ1v) is 8.14. The summed E-state index contributed by atoms with van der Waals surface area (Å²) in [6, 6.07) is 3.61. The average Bonchev–Trinajstić information content (AvgIpc) is 3.00. The molecule has 0 spiro atoms. The van der Waals surface area contributed by atoms with Crippen molar-refractivity contribution in [1.29, 1.82) is 0 Å². The summed E-state index contributed by atoms with van der Waals surface area (Å²) < 4.78 is 0. The number of hydroxylamine groups is 2. The molecule has 1 fully saturated rings. The van der Waals surface area contributed by atoms with Gasteiger partial charge in [-0.15, -0.1) is 16.4 Å². The molecule has 0 bridgehead atoms. The number of aromatic nitrogens is 2. The predicted octanol–water partition coefficient (Wildman–Crippen LogP) is 0.670. The molecular formula is C14H18N6O2S. The minimum atomic E-state index is 0.0418. The van der Waals surface area contributed by atoms with Gasteiger partial charge < -0.3 is 20.8 Å². The Hall–Kier alpha value is -2.39. The first-order valence-electron chi connectivity index (χ1n) is 7.26. The smallest absolute Gasteiger partial charge is 0.242 e. The zero-order chi connectivity index (χ0) is 16.1. The van der Waals surface area contributed by atoms with Crippen molar-refractivity contribution >= 4 is 28.2 Å². The van der Waals surface area contributed by atoms with Gasteiger partial charge in [0.15, 0.2) is 10.9 Å². The highest BCUT2D eigenvalue weighted by Gasteiger charge is 2.22. The standard InChI is InChI=1S/C14H18N6O2S/c15-14-18-12(10-23-14)17-9-13(21)19-5-7-20(8-6-19)22-11-1-3-16-4-2-11/h1-4,10,17H,5-9H2,(H2,15,18). The number of rotatable bonds is 5. The van der Waals surface area contributed by atoms with Gasteiger partial charge in [0.25, 0.3) is 0 Å². The summed E-state index contributed by atoms with van der Waals surface area (Å²) in [4.78, 5) is 27.7. The van der Waals surface area contributed by atoms with E-state index in [1.54, 1.807) is 29.9 Å². The molecule has 0 unspecified atom stereocenters. The Morgan fingerprint density at radius 2 is 2.04 bits per heavy atom. The minimum absolute atomic E-state index is 0.0418. The first kappa shape index (κ1) is 15.5. The molecule has 0 aromatic carbocycles. The van der Waals surface area contributed by atoms with Gasteiger partial charge in [0.05, 0.1) is 19.6 Å². The summed E-state index contributed by atoms with van der Waals surface area (Å²) in [6.45, 7) is 2.80. The third-order valence-corrected chi connectivity index (χ3v) is 4.09. The van der Waals surface area contributed by atoms with Crippen LogP contribution in [0.15, 0.2) is 29.9 Å². The van der Waals surface area contributed by atoms with Crippen LogP contribution in [0.1, 0.15) is 0 Å². The number of piperazine rings is 1. The van der Waals surface area contributed by atoms with E-state index in [4.69, 9.17) is 10.6 Å². The predicted molar refractivity (Wildman–Crippen MR) is 88.0 cm³/mol. The van der Waals surface area contributed by atoms with Gasteiger partial charge in [-0.05, 0) is 0 Å². The van der Waals surface area contributed by atoms with Gasteiger partial charge in [0.1, 0.15) is 5.82 Å². The Balaban J connectivity index is 1.42. The summed E-state index contributed by atoms with van der Waals surface area (Å²) in [5.74, 6) is 1.43. The van der Waals surface area contributed by atoms with Crippen LogP contribution in [0.5, 0.6) is 5.75 Å². The van der Waals surface area contributed by atoms with Gasteiger partial charge in [-0.25, -0.2) is 4.98 Å². The molecule has 2 aromatic heterocycles. The van der Waals surface area contributed by atoms with Gasteiger partial charge >= 0.3 is 0 Å². The van der Waals surface area contributed by atoms with Crippen molar-refractivity contribution in [2.24, 2.45) is 0 Å². The molecule has 1 amide bonds. The van der Waals surface area contributed by atoms with Crippen LogP contribution < -0.4 is 15.9 Å². The maximum absolute atomic E-state index is 12.2. The number of hydrogen-bond donors (Lipinski definition) is 2. The molecule has 0 aliphatic carbocycles. The Bertz CT molecular complexity index is 642. The number of carbonyl (C=O) groups excluding carboxylic acids is 1. The molecule has 1 aliphatic rings. The van der Waals surface area contributed by atoms with E-state index >= 15 is 0 Å². The lowest BCUT2D eigenvalue weighted by Crippen LogP contribution is -2.51. The molecule has 0 radical (unpaired) electrons. The quantitative estimate of drug-likeness (QED) is 0.829. The molecule has 1 saturated heterocycles. The van der Waals surface area contributed by atoms with Gasteiger partial charge in [-0.1, -0.05) is 0 Å². The summed E-state index contributed by atoms with van der Waals surface area (Å²) in [5.41, 5.74) is 5.56. The third-order valence-electron chi connectivity index (χ3n) is 3.42. The lowest BCUT2D eigenvalue weighted by atomic mass is 10.3. The Labute approximate surface area is 137 Å². The van der Waals surface area contributed by atoms with Gasteiger partial charge in [-0.3, -0.25) is 9.78 Å². The number of nitrogens with zero attached hydrogens (tertiary/aromatic N) is 4. The second-order valence-corrected chi connectivity index (χ2v) is 5.90. The van der Waals surface area contributed by atoms with Crippen LogP contribution in [0.3, 0.4) is 0 Å². The Morgan fingerprint density at radius 3 is 2.70 bits per heavy atom. The molecule has 1 aliphatic heterocycles. The molecule has 8 nitrogen and oxygen atoms in total. The Kier molecular flexibility index (Phi) is 4.89. The highest BCUT2D eigenvalue weighted by atomic mass is 32.1. The van der Waals surface area contributed by atoms with Crippen molar-refractivity contribution < 1.29 is 9.63 Å². The molecule has 0 saturated carbocycles. The summed E-state index contributed by atoms with van der Waals surface area (Å²) in [7, 11) is 0.